The molecule has 0 aromatic heterocycles. The van der Waals surface area contributed by atoms with Gasteiger partial charge in [-0.3, -0.25) is 9.44 Å². The lowest BCUT2D eigenvalue weighted by atomic mass is 10.2. The maximum absolute atomic E-state index is 12.5. The first-order valence-corrected chi connectivity index (χ1v) is 12.6. The predicted molar refractivity (Wildman–Crippen MR) is 119 cm³/mol. The number of anilines is 2. The van der Waals surface area contributed by atoms with Crippen LogP contribution in [-0.4, -0.2) is 16.8 Å². The van der Waals surface area contributed by atoms with Crippen molar-refractivity contribution in [1.29, 1.82) is 0 Å². The van der Waals surface area contributed by atoms with Crippen LogP contribution >= 0.6 is 27.5 Å². The minimum Gasteiger partial charge on any atom is -0.283 e. The van der Waals surface area contributed by atoms with Crippen molar-refractivity contribution in [3.63, 3.8) is 0 Å². The zero-order chi connectivity index (χ0) is 21.1. The van der Waals surface area contributed by atoms with E-state index in [9.17, 15) is 16.8 Å². The first kappa shape index (κ1) is 21.6. The van der Waals surface area contributed by atoms with Gasteiger partial charge in [0.2, 0.25) is 10.0 Å². The molecule has 3 aromatic rings. The number of sulfonamides is 2. The van der Waals surface area contributed by atoms with Crippen LogP contribution in [0, 0.1) is 0 Å². The van der Waals surface area contributed by atoms with Crippen LogP contribution in [-0.2, 0) is 25.8 Å². The van der Waals surface area contributed by atoms with Gasteiger partial charge in [0.15, 0.2) is 0 Å². The summed E-state index contributed by atoms with van der Waals surface area (Å²) >= 11 is 9.09. The van der Waals surface area contributed by atoms with Crippen molar-refractivity contribution in [2.45, 2.75) is 10.6 Å². The van der Waals surface area contributed by atoms with Crippen molar-refractivity contribution in [3.05, 3.63) is 87.9 Å². The van der Waals surface area contributed by atoms with Gasteiger partial charge in [0.25, 0.3) is 10.0 Å². The third-order valence-electron chi connectivity index (χ3n) is 3.80. The molecule has 3 aromatic carbocycles. The van der Waals surface area contributed by atoms with Gasteiger partial charge in [-0.25, -0.2) is 16.8 Å². The van der Waals surface area contributed by atoms with Crippen LogP contribution in [0.25, 0.3) is 0 Å². The number of halogens is 2. The maximum atomic E-state index is 12.5. The summed E-state index contributed by atoms with van der Waals surface area (Å²) in [5.74, 6) is -0.227. The molecule has 0 heterocycles. The maximum Gasteiger partial charge on any atom is 0.261 e. The molecule has 0 fully saturated rings. The molecule has 0 aliphatic carbocycles. The van der Waals surface area contributed by atoms with Crippen LogP contribution < -0.4 is 9.44 Å². The Kier molecular flexibility index (Phi) is 6.52. The average molecular weight is 516 g/mol. The summed E-state index contributed by atoms with van der Waals surface area (Å²) in [6, 6.07) is 18.6. The Hall–Kier alpha value is -2.07. The molecule has 10 heteroatoms. The Morgan fingerprint density at radius 1 is 0.724 bits per heavy atom. The Labute approximate surface area is 183 Å². The molecular formula is C19H16BrClN2O4S2. The molecule has 0 atom stereocenters. The van der Waals surface area contributed by atoms with Crippen molar-refractivity contribution in [2.75, 3.05) is 9.44 Å². The lowest BCUT2D eigenvalue weighted by molar-refractivity contribution is 0.599. The van der Waals surface area contributed by atoms with Gasteiger partial charge in [0, 0.05) is 20.9 Å². The van der Waals surface area contributed by atoms with Crippen molar-refractivity contribution < 1.29 is 16.8 Å². The molecule has 0 saturated carbocycles. The highest BCUT2D eigenvalue weighted by molar-refractivity contribution is 9.10. The molecule has 6 nitrogen and oxygen atoms in total. The van der Waals surface area contributed by atoms with Gasteiger partial charge in [-0.2, -0.15) is 0 Å². The number of hydrogen-bond acceptors (Lipinski definition) is 4. The van der Waals surface area contributed by atoms with Crippen LogP contribution in [0.2, 0.25) is 5.02 Å². The van der Waals surface area contributed by atoms with Gasteiger partial charge >= 0.3 is 0 Å². The van der Waals surface area contributed by atoms with Crippen molar-refractivity contribution in [1.82, 2.24) is 0 Å². The zero-order valence-corrected chi connectivity index (χ0v) is 18.8. The lowest BCUT2D eigenvalue weighted by Gasteiger charge is -2.11. The van der Waals surface area contributed by atoms with Gasteiger partial charge in [-0.1, -0.05) is 39.7 Å². The zero-order valence-electron chi connectivity index (χ0n) is 14.8. The SMILES string of the molecule is O=S(=O)(Cc1ccc(Cl)cc1)Nc1ccc(S(=O)(=O)Nc2ccc(Br)cc2)cc1. The highest BCUT2D eigenvalue weighted by atomic mass is 79.9. The third-order valence-corrected chi connectivity index (χ3v) is 7.24. The number of rotatable bonds is 7. The lowest BCUT2D eigenvalue weighted by Crippen LogP contribution is -2.16. The fourth-order valence-electron chi connectivity index (χ4n) is 2.45. The average Bonchev–Trinajstić information content (AvgIpc) is 2.65. The molecule has 152 valence electrons. The molecule has 0 unspecified atom stereocenters. The minimum absolute atomic E-state index is 0.0149. The molecule has 0 spiro atoms. The molecule has 0 aliphatic heterocycles. The molecule has 0 aliphatic rings. The molecule has 0 saturated heterocycles. The molecule has 2 N–H and O–H groups in total. The monoisotopic (exact) mass is 514 g/mol. The summed E-state index contributed by atoms with van der Waals surface area (Å²) in [7, 11) is -7.46. The molecule has 3 rings (SSSR count). The second kappa shape index (κ2) is 8.74. The summed E-state index contributed by atoms with van der Waals surface area (Å²) in [6.45, 7) is 0. The van der Waals surface area contributed by atoms with E-state index in [0.29, 0.717) is 16.3 Å². The summed E-state index contributed by atoms with van der Waals surface area (Å²) in [5.41, 5.74) is 1.27. The highest BCUT2D eigenvalue weighted by Gasteiger charge is 2.16. The first-order chi connectivity index (χ1) is 13.6. The Morgan fingerprint density at radius 2 is 1.24 bits per heavy atom. The Balaban J connectivity index is 1.70. The van der Waals surface area contributed by atoms with Gasteiger partial charge in [0.05, 0.1) is 10.6 Å². The molecule has 0 bridgehead atoms. The minimum atomic E-state index is -3.79. The summed E-state index contributed by atoms with van der Waals surface area (Å²) in [4.78, 5) is 0.0149. The van der Waals surface area contributed by atoms with Crippen LogP contribution in [0.4, 0.5) is 11.4 Å². The highest BCUT2D eigenvalue weighted by Crippen LogP contribution is 2.21. The van der Waals surface area contributed by atoms with E-state index in [-0.39, 0.29) is 16.3 Å². The van der Waals surface area contributed by atoms with Crippen molar-refractivity contribution in [3.8, 4) is 0 Å². The smallest absolute Gasteiger partial charge is 0.261 e. The summed E-state index contributed by atoms with van der Waals surface area (Å²) in [6.07, 6.45) is 0. The normalized spacial score (nSPS) is 11.8. The Bertz CT molecular complexity index is 1200. The predicted octanol–water partition coefficient (Wildman–Crippen LogP) is 4.85. The van der Waals surface area contributed by atoms with E-state index in [0.717, 1.165) is 4.47 Å². The molecular weight excluding hydrogens is 500 g/mol. The van der Waals surface area contributed by atoms with Crippen molar-refractivity contribution in [2.24, 2.45) is 0 Å². The second-order valence-corrected chi connectivity index (χ2v) is 10.9. The summed E-state index contributed by atoms with van der Waals surface area (Å²) in [5, 5.41) is 0.521. The van der Waals surface area contributed by atoms with E-state index in [4.69, 9.17) is 11.6 Å². The number of nitrogens with one attached hydrogen (secondary N) is 2. The first-order valence-electron chi connectivity index (χ1n) is 8.26. The topological polar surface area (TPSA) is 92.3 Å². The quantitative estimate of drug-likeness (QED) is 0.471. The number of hydrogen-bond donors (Lipinski definition) is 2. The van der Waals surface area contributed by atoms with E-state index in [1.807, 2.05) is 0 Å². The largest absolute Gasteiger partial charge is 0.283 e. The molecule has 29 heavy (non-hydrogen) atoms. The van der Waals surface area contributed by atoms with Crippen LogP contribution in [0.3, 0.4) is 0 Å². The van der Waals surface area contributed by atoms with Gasteiger partial charge in [0.1, 0.15) is 0 Å². The van der Waals surface area contributed by atoms with Crippen LogP contribution in [0.5, 0.6) is 0 Å². The van der Waals surface area contributed by atoms with Gasteiger partial charge in [-0.05, 0) is 66.2 Å². The standard InChI is InChI=1S/C19H16BrClN2O4S2/c20-15-3-7-18(8-4-15)23-29(26,27)19-11-9-17(10-12-19)22-28(24,25)13-14-1-5-16(21)6-2-14/h1-12,22-23H,13H2. The fraction of sp³-hybridized carbons (Fsp3) is 0.0526. The van der Waals surface area contributed by atoms with E-state index in [1.165, 1.54) is 24.3 Å². The molecule has 0 radical (unpaired) electrons. The van der Waals surface area contributed by atoms with E-state index in [1.54, 1.807) is 48.5 Å². The van der Waals surface area contributed by atoms with E-state index >= 15 is 0 Å². The van der Waals surface area contributed by atoms with E-state index < -0.39 is 20.0 Å². The van der Waals surface area contributed by atoms with E-state index in [2.05, 4.69) is 25.4 Å². The van der Waals surface area contributed by atoms with Crippen LogP contribution in [0.1, 0.15) is 5.56 Å². The Morgan fingerprint density at radius 3 is 1.83 bits per heavy atom. The van der Waals surface area contributed by atoms with Crippen molar-refractivity contribution >= 4 is 59.0 Å². The van der Waals surface area contributed by atoms with Gasteiger partial charge in [-0.15, -0.1) is 0 Å². The third kappa shape index (κ3) is 6.20. The van der Waals surface area contributed by atoms with Gasteiger partial charge < -0.3 is 0 Å². The number of benzene rings is 3. The second-order valence-electron chi connectivity index (χ2n) is 6.12. The molecule has 0 amide bonds. The van der Waals surface area contributed by atoms with Crippen LogP contribution in [0.15, 0.2) is 82.2 Å². The fourth-order valence-corrected chi connectivity index (χ4v) is 5.10. The summed E-state index contributed by atoms with van der Waals surface area (Å²) < 4.78 is 55.3.